The van der Waals surface area contributed by atoms with Crippen molar-refractivity contribution in [2.24, 2.45) is 11.8 Å². The Bertz CT molecular complexity index is 185. The second-order valence-corrected chi connectivity index (χ2v) is 4.27. The quantitative estimate of drug-likeness (QED) is 0.599. The highest BCUT2D eigenvalue weighted by atomic mass is 16.5. The lowest BCUT2D eigenvalue weighted by Gasteiger charge is -2.28. The topological polar surface area (TPSA) is 12.5 Å². The largest absolute Gasteiger partial charge is 0.379 e. The molecule has 2 aliphatic rings. The Kier molecular flexibility index (Phi) is 3.01. The Balaban J connectivity index is 1.74. The molecule has 0 saturated carbocycles. The van der Waals surface area contributed by atoms with Crippen LogP contribution in [-0.4, -0.2) is 37.7 Å². The van der Waals surface area contributed by atoms with E-state index in [1.165, 1.54) is 13.0 Å². The van der Waals surface area contributed by atoms with Gasteiger partial charge in [-0.05, 0) is 18.3 Å². The van der Waals surface area contributed by atoms with Gasteiger partial charge in [-0.3, -0.25) is 4.90 Å². The fourth-order valence-corrected chi connectivity index (χ4v) is 2.23. The summed E-state index contributed by atoms with van der Waals surface area (Å²) in [4.78, 5) is 2.52. The zero-order valence-electron chi connectivity index (χ0n) is 8.41. The van der Waals surface area contributed by atoms with E-state index in [2.05, 4.69) is 24.0 Å². The number of hydrogen-bond donors (Lipinski definition) is 0. The minimum atomic E-state index is 0.797. The van der Waals surface area contributed by atoms with Crippen molar-refractivity contribution < 1.29 is 4.74 Å². The van der Waals surface area contributed by atoms with Crippen molar-refractivity contribution >= 4 is 0 Å². The van der Waals surface area contributed by atoms with Gasteiger partial charge in [0.05, 0.1) is 13.2 Å². The summed E-state index contributed by atoms with van der Waals surface area (Å²) in [5.41, 5.74) is 0. The standard InChI is InChI=1S/C11H19NO/c1-10-2-3-11(8-10)9-12-4-6-13-7-5-12/h2-3,10-11H,4-9H2,1H3. The molecule has 13 heavy (non-hydrogen) atoms. The molecule has 0 radical (unpaired) electrons. The van der Waals surface area contributed by atoms with Gasteiger partial charge in [0.2, 0.25) is 0 Å². The molecular weight excluding hydrogens is 162 g/mol. The fraction of sp³-hybridized carbons (Fsp3) is 0.818. The Morgan fingerprint density at radius 3 is 2.69 bits per heavy atom. The molecule has 2 nitrogen and oxygen atoms in total. The van der Waals surface area contributed by atoms with Crippen LogP contribution in [0.5, 0.6) is 0 Å². The highest BCUT2D eigenvalue weighted by Crippen LogP contribution is 2.23. The average Bonchev–Trinajstić information content (AvgIpc) is 2.53. The van der Waals surface area contributed by atoms with Crippen LogP contribution in [-0.2, 0) is 4.74 Å². The number of hydrogen-bond acceptors (Lipinski definition) is 2. The van der Waals surface area contributed by atoms with Gasteiger partial charge in [-0.25, -0.2) is 0 Å². The van der Waals surface area contributed by atoms with E-state index in [1.54, 1.807) is 0 Å². The van der Waals surface area contributed by atoms with E-state index < -0.39 is 0 Å². The van der Waals surface area contributed by atoms with Crippen LogP contribution in [0.4, 0.5) is 0 Å². The van der Waals surface area contributed by atoms with Gasteiger partial charge in [-0.1, -0.05) is 19.1 Å². The van der Waals surface area contributed by atoms with Crippen LogP contribution in [0, 0.1) is 11.8 Å². The summed E-state index contributed by atoms with van der Waals surface area (Å²) >= 11 is 0. The molecule has 2 rings (SSSR count). The number of rotatable bonds is 2. The molecule has 0 bridgehead atoms. The van der Waals surface area contributed by atoms with Crippen LogP contribution in [0.1, 0.15) is 13.3 Å². The van der Waals surface area contributed by atoms with Crippen LogP contribution >= 0.6 is 0 Å². The van der Waals surface area contributed by atoms with Crippen molar-refractivity contribution in [3.05, 3.63) is 12.2 Å². The maximum Gasteiger partial charge on any atom is 0.0594 e. The maximum atomic E-state index is 5.33. The van der Waals surface area contributed by atoms with Crippen molar-refractivity contribution in [2.75, 3.05) is 32.8 Å². The molecule has 1 heterocycles. The highest BCUT2D eigenvalue weighted by molar-refractivity contribution is 5.01. The molecule has 1 aliphatic carbocycles. The fourth-order valence-electron chi connectivity index (χ4n) is 2.23. The van der Waals surface area contributed by atoms with Gasteiger partial charge >= 0.3 is 0 Å². The average molecular weight is 181 g/mol. The van der Waals surface area contributed by atoms with Gasteiger partial charge in [-0.15, -0.1) is 0 Å². The van der Waals surface area contributed by atoms with Gasteiger partial charge in [0.1, 0.15) is 0 Å². The molecule has 2 heteroatoms. The monoisotopic (exact) mass is 181 g/mol. The lowest BCUT2D eigenvalue weighted by molar-refractivity contribution is 0.0330. The van der Waals surface area contributed by atoms with Crippen molar-refractivity contribution in [2.45, 2.75) is 13.3 Å². The lowest BCUT2D eigenvalue weighted by Crippen LogP contribution is -2.38. The minimum absolute atomic E-state index is 0.797. The number of morpholine rings is 1. The lowest BCUT2D eigenvalue weighted by atomic mass is 10.0. The third kappa shape index (κ3) is 2.55. The summed E-state index contributed by atoms with van der Waals surface area (Å²) < 4.78 is 5.33. The summed E-state index contributed by atoms with van der Waals surface area (Å²) in [5, 5.41) is 0. The molecular formula is C11H19NO. The van der Waals surface area contributed by atoms with E-state index in [0.717, 1.165) is 38.1 Å². The van der Waals surface area contributed by atoms with Crippen LogP contribution in [0.25, 0.3) is 0 Å². The van der Waals surface area contributed by atoms with Gasteiger partial charge < -0.3 is 4.74 Å². The van der Waals surface area contributed by atoms with Crippen LogP contribution in [0.3, 0.4) is 0 Å². The molecule has 1 saturated heterocycles. The number of ether oxygens (including phenoxy) is 1. The van der Waals surface area contributed by atoms with Crippen LogP contribution in [0.15, 0.2) is 12.2 Å². The zero-order chi connectivity index (χ0) is 9.10. The van der Waals surface area contributed by atoms with E-state index in [0.29, 0.717) is 0 Å². The van der Waals surface area contributed by atoms with Crippen molar-refractivity contribution in [1.82, 2.24) is 4.90 Å². The number of allylic oxidation sites excluding steroid dienone is 1. The molecule has 1 aliphatic heterocycles. The molecule has 2 atom stereocenters. The van der Waals surface area contributed by atoms with Gasteiger partial charge in [0.25, 0.3) is 0 Å². The Morgan fingerprint density at radius 1 is 1.31 bits per heavy atom. The van der Waals surface area contributed by atoms with Crippen LogP contribution < -0.4 is 0 Å². The number of nitrogens with zero attached hydrogens (tertiary/aromatic N) is 1. The predicted molar refractivity (Wildman–Crippen MR) is 53.7 cm³/mol. The third-order valence-corrected chi connectivity index (χ3v) is 2.98. The first-order valence-corrected chi connectivity index (χ1v) is 5.33. The molecule has 1 fully saturated rings. The van der Waals surface area contributed by atoms with E-state index in [9.17, 15) is 0 Å². The minimum Gasteiger partial charge on any atom is -0.379 e. The summed E-state index contributed by atoms with van der Waals surface area (Å²) in [6.07, 6.45) is 6.09. The van der Waals surface area contributed by atoms with Crippen molar-refractivity contribution in [3.8, 4) is 0 Å². The van der Waals surface area contributed by atoms with E-state index in [4.69, 9.17) is 4.74 Å². The molecule has 74 valence electrons. The zero-order valence-corrected chi connectivity index (χ0v) is 8.41. The molecule has 0 aromatic heterocycles. The molecule has 0 amide bonds. The SMILES string of the molecule is CC1C=CC(CN2CCOCC2)C1. The van der Waals surface area contributed by atoms with Crippen molar-refractivity contribution in [3.63, 3.8) is 0 Å². The smallest absolute Gasteiger partial charge is 0.0594 e. The Hall–Kier alpha value is -0.340. The predicted octanol–water partition coefficient (Wildman–Crippen LogP) is 1.53. The van der Waals surface area contributed by atoms with Crippen molar-refractivity contribution in [1.29, 1.82) is 0 Å². The first-order valence-electron chi connectivity index (χ1n) is 5.33. The Morgan fingerprint density at radius 2 is 2.08 bits per heavy atom. The molecule has 0 spiro atoms. The Labute approximate surface area is 80.6 Å². The van der Waals surface area contributed by atoms with E-state index in [1.807, 2.05) is 0 Å². The molecule has 0 aromatic carbocycles. The normalized spacial score (nSPS) is 35.5. The van der Waals surface area contributed by atoms with Gasteiger partial charge in [0, 0.05) is 19.6 Å². The second-order valence-electron chi connectivity index (χ2n) is 4.27. The summed E-state index contributed by atoms with van der Waals surface area (Å²) in [7, 11) is 0. The molecule has 0 N–H and O–H groups in total. The maximum absolute atomic E-state index is 5.33. The van der Waals surface area contributed by atoms with Gasteiger partial charge in [-0.2, -0.15) is 0 Å². The van der Waals surface area contributed by atoms with E-state index in [-0.39, 0.29) is 0 Å². The first-order chi connectivity index (χ1) is 6.34. The van der Waals surface area contributed by atoms with E-state index >= 15 is 0 Å². The third-order valence-electron chi connectivity index (χ3n) is 2.98. The molecule has 2 unspecified atom stereocenters. The first kappa shape index (κ1) is 9.22. The summed E-state index contributed by atoms with van der Waals surface area (Å²) in [6, 6.07) is 0. The highest BCUT2D eigenvalue weighted by Gasteiger charge is 2.19. The molecule has 0 aromatic rings. The summed E-state index contributed by atoms with van der Waals surface area (Å²) in [6.45, 7) is 7.63. The van der Waals surface area contributed by atoms with Crippen LogP contribution in [0.2, 0.25) is 0 Å². The van der Waals surface area contributed by atoms with Gasteiger partial charge in [0.15, 0.2) is 0 Å². The second kappa shape index (κ2) is 4.25. The summed E-state index contributed by atoms with van der Waals surface area (Å²) in [5.74, 6) is 1.60.